The van der Waals surface area contributed by atoms with Gasteiger partial charge in [0, 0.05) is 0 Å². The molecule has 0 fully saturated rings. The highest BCUT2D eigenvalue weighted by Gasteiger charge is 2.09. The fraction of sp³-hybridized carbons (Fsp3) is 1.00. The van der Waals surface area contributed by atoms with Gasteiger partial charge in [0.2, 0.25) is 0 Å². The summed E-state index contributed by atoms with van der Waals surface area (Å²) < 4.78 is 0. The summed E-state index contributed by atoms with van der Waals surface area (Å²) in [5.74, 6) is 0.930. The number of hydrogen-bond acceptors (Lipinski definition) is 3. The van der Waals surface area contributed by atoms with Crippen molar-refractivity contribution in [2.24, 2.45) is 5.92 Å². The summed E-state index contributed by atoms with van der Waals surface area (Å²) in [6, 6.07) is 0. The van der Waals surface area contributed by atoms with E-state index in [1.807, 2.05) is 0 Å². The maximum atomic E-state index is 2.30. The van der Waals surface area contributed by atoms with Crippen molar-refractivity contribution in [3.8, 4) is 0 Å². The zero-order chi connectivity index (χ0) is 14.7. The summed E-state index contributed by atoms with van der Waals surface area (Å²) >= 11 is 0. The first-order valence-corrected chi connectivity index (χ1v) is 7.86. The average Bonchev–Trinajstić information content (AvgIpc) is 2.26. The molecule has 0 amide bonds. The summed E-state index contributed by atoms with van der Waals surface area (Å²) in [5.41, 5.74) is 0. The molecule has 0 radical (unpaired) electrons. The zero-order valence-corrected chi connectivity index (χ0v) is 14.3. The lowest BCUT2D eigenvalue weighted by atomic mass is 9.92. The topological polar surface area (TPSA) is 9.72 Å². The standard InChI is InChI=1S/C16H37N3/c1-17(2)13-7-10-16(11-8-14-18(3)4)12-9-15-19(5)6/h16H,7-15H2,1-6H3. The molecule has 0 heterocycles. The summed E-state index contributed by atoms with van der Waals surface area (Å²) in [4.78, 5) is 6.91. The Bertz CT molecular complexity index is 157. The smallest absolute Gasteiger partial charge is 0.00247 e. The third kappa shape index (κ3) is 14.1. The van der Waals surface area contributed by atoms with Crippen LogP contribution in [0.15, 0.2) is 0 Å². The Morgan fingerprint density at radius 2 is 0.789 bits per heavy atom. The van der Waals surface area contributed by atoms with Gasteiger partial charge in [-0.3, -0.25) is 0 Å². The van der Waals surface area contributed by atoms with E-state index in [4.69, 9.17) is 0 Å². The Morgan fingerprint density at radius 1 is 0.526 bits per heavy atom. The lowest BCUT2D eigenvalue weighted by molar-refractivity contribution is 0.303. The van der Waals surface area contributed by atoms with Crippen LogP contribution in [-0.2, 0) is 0 Å². The third-order valence-electron chi connectivity index (χ3n) is 3.65. The quantitative estimate of drug-likeness (QED) is 0.540. The highest BCUT2D eigenvalue weighted by atomic mass is 15.1. The molecule has 0 aromatic heterocycles. The van der Waals surface area contributed by atoms with Crippen molar-refractivity contribution in [1.29, 1.82) is 0 Å². The van der Waals surface area contributed by atoms with E-state index in [1.54, 1.807) is 0 Å². The van der Waals surface area contributed by atoms with Crippen molar-refractivity contribution in [2.75, 3.05) is 61.9 Å². The molecule has 0 aliphatic rings. The van der Waals surface area contributed by atoms with Crippen molar-refractivity contribution in [3.63, 3.8) is 0 Å². The SMILES string of the molecule is CN(C)CCCC(CCCN(C)C)CCCN(C)C. The first kappa shape index (κ1) is 18.9. The van der Waals surface area contributed by atoms with Crippen LogP contribution in [0, 0.1) is 5.92 Å². The number of hydrogen-bond donors (Lipinski definition) is 0. The van der Waals surface area contributed by atoms with E-state index in [1.165, 1.54) is 58.2 Å². The van der Waals surface area contributed by atoms with Gasteiger partial charge in [-0.25, -0.2) is 0 Å². The second-order valence-corrected chi connectivity index (χ2v) is 6.70. The van der Waals surface area contributed by atoms with Crippen LogP contribution in [0.5, 0.6) is 0 Å². The molecule has 116 valence electrons. The predicted molar refractivity (Wildman–Crippen MR) is 86.9 cm³/mol. The van der Waals surface area contributed by atoms with Gasteiger partial charge in [-0.2, -0.15) is 0 Å². The van der Waals surface area contributed by atoms with Gasteiger partial charge in [0.15, 0.2) is 0 Å². The minimum absolute atomic E-state index is 0.930. The zero-order valence-electron chi connectivity index (χ0n) is 14.3. The maximum Gasteiger partial charge on any atom is -0.00247 e. The Hall–Kier alpha value is -0.120. The predicted octanol–water partition coefficient (Wildman–Crippen LogP) is 2.63. The van der Waals surface area contributed by atoms with Gasteiger partial charge in [-0.1, -0.05) is 0 Å². The summed E-state index contributed by atoms with van der Waals surface area (Å²) in [7, 11) is 13.0. The molecule has 0 saturated heterocycles. The first-order valence-electron chi connectivity index (χ1n) is 7.86. The lowest BCUT2D eigenvalue weighted by Gasteiger charge is -2.20. The molecule has 0 rings (SSSR count). The van der Waals surface area contributed by atoms with Gasteiger partial charge in [-0.15, -0.1) is 0 Å². The van der Waals surface area contributed by atoms with Crippen LogP contribution in [0.2, 0.25) is 0 Å². The number of rotatable bonds is 12. The molecule has 3 nitrogen and oxygen atoms in total. The molecule has 0 aromatic rings. The van der Waals surface area contributed by atoms with Gasteiger partial charge in [0.25, 0.3) is 0 Å². The van der Waals surface area contributed by atoms with E-state index in [9.17, 15) is 0 Å². The van der Waals surface area contributed by atoms with Gasteiger partial charge in [0.05, 0.1) is 0 Å². The third-order valence-corrected chi connectivity index (χ3v) is 3.65. The molecule has 3 heteroatoms. The first-order chi connectivity index (χ1) is 8.91. The van der Waals surface area contributed by atoms with Gasteiger partial charge < -0.3 is 14.7 Å². The largest absolute Gasteiger partial charge is 0.309 e. The van der Waals surface area contributed by atoms with Crippen LogP contribution >= 0.6 is 0 Å². The minimum Gasteiger partial charge on any atom is -0.309 e. The molecule has 0 spiro atoms. The monoisotopic (exact) mass is 271 g/mol. The highest BCUT2D eigenvalue weighted by molar-refractivity contribution is 4.63. The Morgan fingerprint density at radius 3 is 1.00 bits per heavy atom. The summed E-state index contributed by atoms with van der Waals surface area (Å²) in [5, 5.41) is 0. The fourth-order valence-corrected chi connectivity index (χ4v) is 2.52. The van der Waals surface area contributed by atoms with Crippen LogP contribution in [0.1, 0.15) is 38.5 Å². The van der Waals surface area contributed by atoms with Crippen molar-refractivity contribution in [2.45, 2.75) is 38.5 Å². The molecule has 0 atom stereocenters. The Kier molecular flexibility index (Phi) is 11.6. The van der Waals surface area contributed by atoms with E-state index in [0.717, 1.165) is 5.92 Å². The summed E-state index contributed by atoms with van der Waals surface area (Å²) in [6.45, 7) is 3.70. The average molecular weight is 271 g/mol. The van der Waals surface area contributed by atoms with Crippen molar-refractivity contribution >= 4 is 0 Å². The second kappa shape index (κ2) is 11.7. The van der Waals surface area contributed by atoms with Crippen LogP contribution < -0.4 is 0 Å². The van der Waals surface area contributed by atoms with Crippen molar-refractivity contribution in [1.82, 2.24) is 14.7 Å². The lowest BCUT2D eigenvalue weighted by Crippen LogP contribution is -2.18. The Labute approximate surface area is 121 Å². The number of nitrogens with zero attached hydrogens (tertiary/aromatic N) is 3. The molecular weight excluding hydrogens is 234 g/mol. The van der Waals surface area contributed by atoms with E-state index >= 15 is 0 Å². The van der Waals surface area contributed by atoms with Gasteiger partial charge in [0.1, 0.15) is 0 Å². The summed E-state index contributed by atoms with van der Waals surface area (Å²) in [6.07, 6.45) is 8.25. The van der Waals surface area contributed by atoms with Crippen LogP contribution in [0.3, 0.4) is 0 Å². The van der Waals surface area contributed by atoms with E-state index in [-0.39, 0.29) is 0 Å². The maximum absolute atomic E-state index is 2.30. The van der Waals surface area contributed by atoms with Crippen LogP contribution in [-0.4, -0.2) is 76.6 Å². The normalized spacial score (nSPS) is 12.3. The van der Waals surface area contributed by atoms with Crippen molar-refractivity contribution < 1.29 is 0 Å². The molecule has 19 heavy (non-hydrogen) atoms. The second-order valence-electron chi connectivity index (χ2n) is 6.70. The molecule has 0 aromatic carbocycles. The van der Waals surface area contributed by atoms with Crippen LogP contribution in [0.4, 0.5) is 0 Å². The molecule has 0 aliphatic carbocycles. The van der Waals surface area contributed by atoms with Gasteiger partial charge >= 0.3 is 0 Å². The van der Waals surface area contributed by atoms with E-state index in [0.29, 0.717) is 0 Å². The van der Waals surface area contributed by atoms with Crippen molar-refractivity contribution in [3.05, 3.63) is 0 Å². The fourth-order valence-electron chi connectivity index (χ4n) is 2.52. The molecular formula is C16H37N3. The molecule has 0 bridgehead atoms. The van der Waals surface area contributed by atoms with Gasteiger partial charge in [-0.05, 0) is 106 Å². The minimum atomic E-state index is 0.930. The molecule has 0 saturated carbocycles. The molecule has 0 N–H and O–H groups in total. The van der Waals surface area contributed by atoms with E-state index in [2.05, 4.69) is 57.0 Å². The molecule has 0 unspecified atom stereocenters. The Balaban J connectivity index is 3.85. The molecule has 0 aliphatic heterocycles. The van der Waals surface area contributed by atoms with E-state index < -0.39 is 0 Å². The highest BCUT2D eigenvalue weighted by Crippen LogP contribution is 2.20. The van der Waals surface area contributed by atoms with Crippen LogP contribution in [0.25, 0.3) is 0 Å².